The summed E-state index contributed by atoms with van der Waals surface area (Å²) < 4.78 is 5.07. The summed E-state index contributed by atoms with van der Waals surface area (Å²) in [6.07, 6.45) is 2.39. The van der Waals surface area contributed by atoms with Crippen LogP contribution in [0.1, 0.15) is 30.1 Å². The molecule has 1 aliphatic rings. The van der Waals surface area contributed by atoms with Crippen molar-refractivity contribution in [3.05, 3.63) is 23.8 Å². The minimum atomic E-state index is -0.331. The van der Waals surface area contributed by atoms with Crippen LogP contribution in [0, 0.1) is 0 Å². The highest BCUT2D eigenvalue weighted by atomic mass is 16.5. The number of likely N-dealkylation sites (N-methyl/N-ethyl adjacent to an activating group) is 1. The fourth-order valence-corrected chi connectivity index (χ4v) is 2.60. The monoisotopic (exact) mass is 277 g/mol. The van der Waals surface area contributed by atoms with Gasteiger partial charge in [-0.15, -0.1) is 0 Å². The third-order valence-corrected chi connectivity index (χ3v) is 3.78. The van der Waals surface area contributed by atoms with E-state index in [1.807, 2.05) is 0 Å². The predicted octanol–water partition coefficient (Wildman–Crippen LogP) is 1.95. The Bertz CT molecular complexity index is 476. The van der Waals surface area contributed by atoms with Crippen LogP contribution in [0.2, 0.25) is 0 Å². The summed E-state index contributed by atoms with van der Waals surface area (Å²) >= 11 is 0. The standard InChI is InChI=1S/C15H23N3O2/c1-3-20-15(19)12-7-4-8-13(16)14(12)17-10-11-6-5-9-18(11)2/h4,7-8,11,17H,3,5-6,9-10,16H2,1-2H3. The first kappa shape index (κ1) is 14.7. The third kappa shape index (κ3) is 3.22. The summed E-state index contributed by atoms with van der Waals surface area (Å²) in [5, 5.41) is 3.33. The van der Waals surface area contributed by atoms with Crippen LogP contribution in [-0.2, 0) is 4.74 Å². The molecule has 1 heterocycles. The zero-order chi connectivity index (χ0) is 14.5. The Balaban J connectivity index is 2.11. The maximum Gasteiger partial charge on any atom is 0.340 e. The van der Waals surface area contributed by atoms with Gasteiger partial charge in [0.15, 0.2) is 0 Å². The van der Waals surface area contributed by atoms with Gasteiger partial charge < -0.3 is 20.7 Å². The largest absolute Gasteiger partial charge is 0.462 e. The van der Waals surface area contributed by atoms with Crippen LogP contribution < -0.4 is 11.1 Å². The number of anilines is 2. The number of rotatable bonds is 5. The van der Waals surface area contributed by atoms with Gasteiger partial charge in [0.1, 0.15) is 0 Å². The molecule has 110 valence electrons. The summed E-state index contributed by atoms with van der Waals surface area (Å²) in [6.45, 7) is 4.07. The molecule has 1 saturated heterocycles. The van der Waals surface area contributed by atoms with E-state index in [-0.39, 0.29) is 5.97 Å². The first-order chi connectivity index (χ1) is 9.63. The Hall–Kier alpha value is -1.75. The van der Waals surface area contributed by atoms with Crippen molar-refractivity contribution < 1.29 is 9.53 Å². The number of likely N-dealkylation sites (tertiary alicyclic amines) is 1. The fraction of sp³-hybridized carbons (Fsp3) is 0.533. The molecule has 0 spiro atoms. The molecule has 1 fully saturated rings. The lowest BCUT2D eigenvalue weighted by molar-refractivity contribution is 0.0527. The summed E-state index contributed by atoms with van der Waals surface area (Å²) in [5.74, 6) is -0.331. The van der Waals surface area contributed by atoms with Gasteiger partial charge in [0, 0.05) is 12.6 Å². The number of carbonyl (C=O) groups is 1. The number of nitrogens with two attached hydrogens (primary N) is 1. The molecule has 5 heteroatoms. The Labute approximate surface area is 120 Å². The van der Waals surface area contributed by atoms with Crippen LogP contribution in [0.4, 0.5) is 11.4 Å². The molecule has 2 rings (SSSR count). The molecule has 1 atom stereocenters. The van der Waals surface area contributed by atoms with Crippen molar-refractivity contribution in [2.75, 3.05) is 37.8 Å². The van der Waals surface area contributed by atoms with Crippen LogP contribution in [0.25, 0.3) is 0 Å². The van der Waals surface area contributed by atoms with E-state index in [2.05, 4.69) is 17.3 Å². The summed E-state index contributed by atoms with van der Waals surface area (Å²) in [6, 6.07) is 5.80. The topological polar surface area (TPSA) is 67.6 Å². The average Bonchev–Trinajstić information content (AvgIpc) is 2.83. The minimum Gasteiger partial charge on any atom is -0.462 e. The second-order valence-corrected chi connectivity index (χ2v) is 5.15. The molecular formula is C15H23N3O2. The third-order valence-electron chi connectivity index (χ3n) is 3.78. The number of carbonyl (C=O) groups excluding carboxylic acids is 1. The van der Waals surface area contributed by atoms with Crippen molar-refractivity contribution >= 4 is 17.3 Å². The van der Waals surface area contributed by atoms with Crippen molar-refractivity contribution in [2.24, 2.45) is 0 Å². The van der Waals surface area contributed by atoms with Crippen molar-refractivity contribution in [3.8, 4) is 0 Å². The molecule has 20 heavy (non-hydrogen) atoms. The van der Waals surface area contributed by atoms with Crippen molar-refractivity contribution in [1.29, 1.82) is 0 Å². The fourth-order valence-electron chi connectivity index (χ4n) is 2.60. The van der Waals surface area contributed by atoms with E-state index >= 15 is 0 Å². The second-order valence-electron chi connectivity index (χ2n) is 5.15. The molecule has 1 aromatic rings. The van der Waals surface area contributed by atoms with Gasteiger partial charge in [-0.05, 0) is 45.5 Å². The normalized spacial score (nSPS) is 19.0. The van der Waals surface area contributed by atoms with Crippen LogP contribution >= 0.6 is 0 Å². The molecule has 0 saturated carbocycles. The van der Waals surface area contributed by atoms with Crippen molar-refractivity contribution in [3.63, 3.8) is 0 Å². The molecule has 0 aromatic heterocycles. The average molecular weight is 277 g/mol. The number of nitrogens with zero attached hydrogens (tertiary/aromatic N) is 1. The lowest BCUT2D eigenvalue weighted by Crippen LogP contribution is -2.32. The minimum absolute atomic E-state index is 0.331. The second kappa shape index (κ2) is 6.61. The number of hydrogen-bond donors (Lipinski definition) is 2. The van der Waals surface area contributed by atoms with Crippen LogP contribution in [-0.4, -0.2) is 43.7 Å². The smallest absolute Gasteiger partial charge is 0.340 e. The van der Waals surface area contributed by atoms with Gasteiger partial charge >= 0.3 is 5.97 Å². The van der Waals surface area contributed by atoms with Gasteiger partial charge in [0.05, 0.1) is 23.5 Å². The van der Waals surface area contributed by atoms with Crippen LogP contribution in [0.5, 0.6) is 0 Å². The predicted molar refractivity (Wildman–Crippen MR) is 81.0 cm³/mol. The molecular weight excluding hydrogens is 254 g/mol. The summed E-state index contributed by atoms with van der Waals surface area (Å²) in [5.41, 5.74) is 7.76. The maximum atomic E-state index is 11.9. The van der Waals surface area contributed by atoms with Gasteiger partial charge in [0.25, 0.3) is 0 Å². The molecule has 1 aliphatic heterocycles. The quantitative estimate of drug-likeness (QED) is 0.636. The number of esters is 1. The van der Waals surface area contributed by atoms with Gasteiger partial charge in [-0.1, -0.05) is 6.07 Å². The number of ether oxygens (including phenoxy) is 1. The van der Waals surface area contributed by atoms with Gasteiger partial charge in [-0.3, -0.25) is 0 Å². The first-order valence-electron chi connectivity index (χ1n) is 7.13. The zero-order valence-electron chi connectivity index (χ0n) is 12.2. The number of nitrogen functional groups attached to an aromatic ring is 1. The first-order valence-corrected chi connectivity index (χ1v) is 7.13. The molecule has 0 radical (unpaired) electrons. The maximum absolute atomic E-state index is 11.9. The molecule has 0 bridgehead atoms. The van der Waals surface area contributed by atoms with Gasteiger partial charge in [-0.25, -0.2) is 4.79 Å². The Morgan fingerprint density at radius 2 is 2.35 bits per heavy atom. The Morgan fingerprint density at radius 3 is 3.00 bits per heavy atom. The van der Waals surface area contributed by atoms with Gasteiger partial charge in [0.2, 0.25) is 0 Å². The Morgan fingerprint density at radius 1 is 1.55 bits per heavy atom. The molecule has 1 unspecified atom stereocenters. The molecule has 0 aliphatic carbocycles. The van der Waals surface area contributed by atoms with Crippen LogP contribution in [0.3, 0.4) is 0 Å². The van der Waals surface area contributed by atoms with E-state index in [9.17, 15) is 4.79 Å². The highest BCUT2D eigenvalue weighted by Crippen LogP contribution is 2.25. The van der Waals surface area contributed by atoms with Gasteiger partial charge in [-0.2, -0.15) is 0 Å². The number of nitrogens with one attached hydrogen (secondary N) is 1. The summed E-state index contributed by atoms with van der Waals surface area (Å²) in [7, 11) is 2.12. The number of benzene rings is 1. The van der Waals surface area contributed by atoms with E-state index in [0.29, 0.717) is 29.6 Å². The molecule has 1 aromatic carbocycles. The van der Waals surface area contributed by atoms with Crippen molar-refractivity contribution in [1.82, 2.24) is 4.90 Å². The van der Waals surface area contributed by atoms with Crippen LogP contribution in [0.15, 0.2) is 18.2 Å². The molecule has 5 nitrogen and oxygen atoms in total. The highest BCUT2D eigenvalue weighted by Gasteiger charge is 2.22. The zero-order valence-corrected chi connectivity index (χ0v) is 12.2. The SMILES string of the molecule is CCOC(=O)c1cccc(N)c1NCC1CCCN1C. The number of hydrogen-bond acceptors (Lipinski definition) is 5. The molecule has 0 amide bonds. The Kier molecular flexibility index (Phi) is 4.84. The number of para-hydroxylation sites is 1. The van der Waals surface area contributed by atoms with E-state index in [4.69, 9.17) is 10.5 Å². The lowest BCUT2D eigenvalue weighted by atomic mass is 10.1. The van der Waals surface area contributed by atoms with E-state index in [1.54, 1.807) is 25.1 Å². The highest BCUT2D eigenvalue weighted by molar-refractivity contribution is 5.98. The van der Waals surface area contributed by atoms with E-state index < -0.39 is 0 Å². The lowest BCUT2D eigenvalue weighted by Gasteiger charge is -2.22. The molecule has 3 N–H and O–H groups in total. The van der Waals surface area contributed by atoms with E-state index in [1.165, 1.54) is 12.8 Å². The van der Waals surface area contributed by atoms with Crippen molar-refractivity contribution in [2.45, 2.75) is 25.8 Å². The van der Waals surface area contributed by atoms with E-state index in [0.717, 1.165) is 13.1 Å². The summed E-state index contributed by atoms with van der Waals surface area (Å²) in [4.78, 5) is 14.3.